The Bertz CT molecular complexity index is 888. The monoisotopic (exact) mass is 286 g/mol. The number of nitriles is 2. The summed E-state index contributed by atoms with van der Waals surface area (Å²) in [4.78, 5) is 13.9. The molecule has 0 saturated carbocycles. The van der Waals surface area contributed by atoms with Crippen molar-refractivity contribution in [2.45, 2.75) is 6.92 Å². The first-order valence-electron chi connectivity index (χ1n) is 5.73. The van der Waals surface area contributed by atoms with E-state index in [9.17, 15) is 13.6 Å². The van der Waals surface area contributed by atoms with Gasteiger partial charge >= 0.3 is 0 Å². The molecule has 104 valence electrons. The standard InChI is InChI=1S/C14H8F2N4O/c1-6-10(15)3-2-7(12(6)16)11-8(4-17)13(19)20-14(21)9(11)5-18/h2-3H,1H3,(H3,19,20,21). The smallest absolute Gasteiger partial charge is 0.268 e. The minimum Gasteiger partial charge on any atom is -0.384 e. The summed E-state index contributed by atoms with van der Waals surface area (Å²) >= 11 is 0. The number of nitrogens with two attached hydrogens (primary N) is 1. The predicted molar refractivity (Wildman–Crippen MR) is 71.0 cm³/mol. The van der Waals surface area contributed by atoms with Crippen molar-refractivity contribution < 1.29 is 8.78 Å². The highest BCUT2D eigenvalue weighted by Gasteiger charge is 2.22. The van der Waals surface area contributed by atoms with Crippen LogP contribution < -0.4 is 11.3 Å². The van der Waals surface area contributed by atoms with E-state index in [1.165, 1.54) is 6.92 Å². The number of benzene rings is 1. The van der Waals surface area contributed by atoms with Crippen LogP contribution in [0.4, 0.5) is 14.6 Å². The molecule has 0 atom stereocenters. The van der Waals surface area contributed by atoms with E-state index in [0.29, 0.717) is 0 Å². The number of anilines is 1. The van der Waals surface area contributed by atoms with Crippen LogP contribution in [0.25, 0.3) is 11.1 Å². The number of aromatic nitrogens is 1. The van der Waals surface area contributed by atoms with Crippen LogP contribution in [0.3, 0.4) is 0 Å². The molecular formula is C14H8F2N4O. The van der Waals surface area contributed by atoms with E-state index in [1.807, 2.05) is 0 Å². The van der Waals surface area contributed by atoms with Gasteiger partial charge < -0.3 is 10.7 Å². The first kappa shape index (κ1) is 14.2. The second-order valence-corrected chi connectivity index (χ2v) is 4.25. The van der Waals surface area contributed by atoms with Gasteiger partial charge in [0.05, 0.1) is 0 Å². The Labute approximate surface area is 117 Å². The molecule has 0 unspecified atom stereocenters. The van der Waals surface area contributed by atoms with E-state index < -0.39 is 22.8 Å². The molecule has 0 spiro atoms. The number of hydrogen-bond acceptors (Lipinski definition) is 4. The molecule has 0 radical (unpaired) electrons. The van der Waals surface area contributed by atoms with E-state index in [-0.39, 0.29) is 28.1 Å². The van der Waals surface area contributed by atoms with Crippen LogP contribution in [0.2, 0.25) is 0 Å². The zero-order valence-electron chi connectivity index (χ0n) is 10.8. The Morgan fingerprint density at radius 1 is 1.19 bits per heavy atom. The van der Waals surface area contributed by atoms with Gasteiger partial charge in [0.15, 0.2) is 0 Å². The molecule has 0 aliphatic rings. The summed E-state index contributed by atoms with van der Waals surface area (Å²) < 4.78 is 27.6. The average molecular weight is 286 g/mol. The summed E-state index contributed by atoms with van der Waals surface area (Å²) in [5, 5.41) is 18.2. The maximum Gasteiger partial charge on any atom is 0.268 e. The molecule has 0 saturated heterocycles. The van der Waals surface area contributed by atoms with Gasteiger partial charge in [0, 0.05) is 16.7 Å². The third-order valence-corrected chi connectivity index (χ3v) is 3.06. The first-order chi connectivity index (χ1) is 9.92. The number of hydrogen-bond donors (Lipinski definition) is 2. The molecule has 0 bridgehead atoms. The molecule has 3 N–H and O–H groups in total. The summed E-state index contributed by atoms with van der Waals surface area (Å²) in [6, 6.07) is 5.39. The second kappa shape index (κ2) is 5.06. The summed E-state index contributed by atoms with van der Waals surface area (Å²) in [7, 11) is 0. The lowest BCUT2D eigenvalue weighted by Gasteiger charge is -2.11. The lowest BCUT2D eigenvalue weighted by molar-refractivity contribution is 0.570. The van der Waals surface area contributed by atoms with Gasteiger partial charge in [-0.05, 0) is 19.1 Å². The Kier molecular flexibility index (Phi) is 3.43. The molecule has 7 heteroatoms. The van der Waals surface area contributed by atoms with E-state index in [4.69, 9.17) is 16.3 Å². The Balaban J connectivity index is 3.01. The fourth-order valence-electron chi connectivity index (χ4n) is 1.97. The SMILES string of the molecule is Cc1c(F)ccc(-c2c(C#N)c(N)[nH]c(=O)c2C#N)c1F. The van der Waals surface area contributed by atoms with Crippen LogP contribution in [-0.4, -0.2) is 4.98 Å². The topological polar surface area (TPSA) is 106 Å². The van der Waals surface area contributed by atoms with Crippen LogP contribution in [0.15, 0.2) is 16.9 Å². The van der Waals surface area contributed by atoms with Gasteiger partial charge in [-0.25, -0.2) is 8.78 Å². The Hall–Kier alpha value is -3.19. The fraction of sp³-hybridized carbons (Fsp3) is 0.0714. The molecule has 5 nitrogen and oxygen atoms in total. The minimum atomic E-state index is -0.951. The zero-order valence-corrected chi connectivity index (χ0v) is 10.8. The van der Waals surface area contributed by atoms with Gasteiger partial charge in [-0.15, -0.1) is 0 Å². The molecule has 21 heavy (non-hydrogen) atoms. The molecule has 2 aromatic rings. The number of aromatic amines is 1. The van der Waals surface area contributed by atoms with Crippen LogP contribution >= 0.6 is 0 Å². The number of nitrogens with one attached hydrogen (secondary N) is 1. The molecule has 1 aromatic carbocycles. The maximum absolute atomic E-state index is 14.2. The number of pyridine rings is 1. The Morgan fingerprint density at radius 2 is 1.81 bits per heavy atom. The van der Waals surface area contributed by atoms with E-state index in [0.717, 1.165) is 12.1 Å². The summed E-state index contributed by atoms with van der Waals surface area (Å²) in [6.07, 6.45) is 0. The largest absolute Gasteiger partial charge is 0.384 e. The van der Waals surface area contributed by atoms with Gasteiger partial charge in [0.2, 0.25) is 0 Å². The number of rotatable bonds is 1. The van der Waals surface area contributed by atoms with Crippen LogP contribution in [0, 0.1) is 41.2 Å². The quantitative estimate of drug-likeness (QED) is 0.835. The fourth-order valence-corrected chi connectivity index (χ4v) is 1.97. The molecule has 0 amide bonds. The average Bonchev–Trinajstić information content (AvgIpc) is 2.44. The highest BCUT2D eigenvalue weighted by molar-refractivity contribution is 5.80. The lowest BCUT2D eigenvalue weighted by atomic mass is 9.95. The van der Waals surface area contributed by atoms with Crippen molar-refractivity contribution in [3.63, 3.8) is 0 Å². The summed E-state index contributed by atoms with van der Waals surface area (Å²) in [6.45, 7) is 1.21. The second-order valence-electron chi connectivity index (χ2n) is 4.25. The molecule has 0 aliphatic carbocycles. The van der Waals surface area contributed by atoms with Crippen LogP contribution in [0.1, 0.15) is 16.7 Å². The molecular weight excluding hydrogens is 278 g/mol. The highest BCUT2D eigenvalue weighted by atomic mass is 19.1. The highest BCUT2D eigenvalue weighted by Crippen LogP contribution is 2.31. The van der Waals surface area contributed by atoms with E-state index >= 15 is 0 Å². The Morgan fingerprint density at radius 3 is 2.38 bits per heavy atom. The van der Waals surface area contributed by atoms with Crippen molar-refractivity contribution in [2.75, 3.05) is 5.73 Å². The van der Waals surface area contributed by atoms with Crippen molar-refractivity contribution in [1.82, 2.24) is 4.98 Å². The predicted octanol–water partition coefficient (Wildman–Crippen LogP) is 1.95. The molecule has 2 rings (SSSR count). The number of H-pyrrole nitrogens is 1. The summed E-state index contributed by atoms with van der Waals surface area (Å²) in [5.41, 5.74) is 3.26. The maximum atomic E-state index is 14.2. The zero-order chi connectivity index (χ0) is 15.7. The molecule has 0 aliphatic heterocycles. The first-order valence-corrected chi connectivity index (χ1v) is 5.73. The number of nitrogens with zero attached hydrogens (tertiary/aromatic N) is 2. The van der Waals surface area contributed by atoms with Crippen molar-refractivity contribution >= 4 is 5.82 Å². The van der Waals surface area contributed by atoms with Crippen LogP contribution in [-0.2, 0) is 0 Å². The van der Waals surface area contributed by atoms with Gasteiger partial charge in [-0.3, -0.25) is 4.79 Å². The van der Waals surface area contributed by atoms with Gasteiger partial charge in [-0.1, -0.05) is 0 Å². The van der Waals surface area contributed by atoms with Crippen LogP contribution in [0.5, 0.6) is 0 Å². The molecule has 1 heterocycles. The van der Waals surface area contributed by atoms with Crippen molar-refractivity contribution in [3.8, 4) is 23.3 Å². The van der Waals surface area contributed by atoms with Crippen molar-refractivity contribution in [2.24, 2.45) is 0 Å². The van der Waals surface area contributed by atoms with Gasteiger partial charge in [0.25, 0.3) is 5.56 Å². The third kappa shape index (κ3) is 2.11. The van der Waals surface area contributed by atoms with E-state index in [1.54, 1.807) is 12.1 Å². The van der Waals surface area contributed by atoms with E-state index in [2.05, 4.69) is 4.98 Å². The van der Waals surface area contributed by atoms with Crippen molar-refractivity contribution in [1.29, 1.82) is 10.5 Å². The van der Waals surface area contributed by atoms with Gasteiger partial charge in [0.1, 0.15) is 40.7 Å². The normalized spacial score (nSPS) is 9.95. The minimum absolute atomic E-state index is 0.222. The molecule has 1 aromatic heterocycles. The number of nitrogen functional groups attached to an aromatic ring is 1. The third-order valence-electron chi connectivity index (χ3n) is 3.06. The summed E-state index contributed by atoms with van der Waals surface area (Å²) in [5.74, 6) is -2.00. The lowest BCUT2D eigenvalue weighted by Crippen LogP contribution is -2.16. The van der Waals surface area contributed by atoms with Crippen molar-refractivity contribution in [3.05, 3.63) is 50.8 Å². The van der Waals surface area contributed by atoms with Gasteiger partial charge in [-0.2, -0.15) is 10.5 Å². The molecule has 0 fully saturated rings. The number of halogens is 2.